The van der Waals surface area contributed by atoms with Gasteiger partial charge in [0, 0.05) is 0 Å². The molecule has 0 radical (unpaired) electrons. The predicted octanol–water partition coefficient (Wildman–Crippen LogP) is 6.21. The second kappa shape index (κ2) is 16.5. The van der Waals surface area contributed by atoms with E-state index < -0.39 is 35.8 Å². The van der Waals surface area contributed by atoms with Gasteiger partial charge in [-0.1, -0.05) is 48.5 Å². The monoisotopic (exact) mass is 730 g/mol. The van der Waals surface area contributed by atoms with Crippen LogP contribution in [-0.4, -0.2) is 74.7 Å². The van der Waals surface area contributed by atoms with E-state index >= 15 is 0 Å². The second-order valence-corrected chi connectivity index (χ2v) is 11.4. The average Bonchev–Trinajstić information content (AvgIpc) is 3.72. The standard InChI is InChI=1S/C38H34N8O8/c1-5-53-37(49)33-31(35(47)45(43-33)25-13-9-7-10-14-25)41-39-27-19-17-23(21-29(27)51-3)24-18-20-28(30(22-24)52-4)40-42-32-34(38(50)54-6-2)44-46(36(32)48)26-15-11-8-12-16-26/h7-22,31-32H,5-6H2,1-4H3/t31-,32-/m1/s1. The number of azo groups is 2. The summed E-state index contributed by atoms with van der Waals surface area (Å²) in [6, 6.07) is 24.9. The molecular weight excluding hydrogens is 696 g/mol. The van der Waals surface area contributed by atoms with Crippen molar-refractivity contribution in [2.45, 2.75) is 25.9 Å². The van der Waals surface area contributed by atoms with Gasteiger partial charge in [0.05, 0.1) is 38.8 Å². The van der Waals surface area contributed by atoms with E-state index in [1.807, 2.05) is 0 Å². The molecule has 16 heteroatoms. The van der Waals surface area contributed by atoms with Crippen LogP contribution in [0.3, 0.4) is 0 Å². The third-order valence-corrected chi connectivity index (χ3v) is 8.04. The Bertz CT molecular complexity index is 2030. The third-order valence-electron chi connectivity index (χ3n) is 8.04. The molecule has 0 saturated heterocycles. The van der Waals surface area contributed by atoms with E-state index in [0.717, 1.165) is 10.0 Å². The molecule has 2 amide bonds. The Morgan fingerprint density at radius 1 is 0.611 bits per heavy atom. The van der Waals surface area contributed by atoms with Gasteiger partial charge in [0.2, 0.25) is 12.1 Å². The Hall–Kier alpha value is -7.10. The maximum absolute atomic E-state index is 13.4. The zero-order chi connectivity index (χ0) is 38.2. The number of nitrogens with zero attached hydrogens (tertiary/aromatic N) is 8. The Balaban J connectivity index is 1.24. The van der Waals surface area contributed by atoms with E-state index in [0.29, 0.717) is 34.0 Å². The highest BCUT2D eigenvalue weighted by molar-refractivity contribution is 6.46. The molecule has 0 spiro atoms. The van der Waals surface area contributed by atoms with Crippen molar-refractivity contribution < 1.29 is 38.1 Å². The smallest absolute Gasteiger partial charge is 0.357 e. The number of amides is 2. The predicted molar refractivity (Wildman–Crippen MR) is 198 cm³/mol. The van der Waals surface area contributed by atoms with Gasteiger partial charge >= 0.3 is 11.9 Å². The van der Waals surface area contributed by atoms with Crippen molar-refractivity contribution >= 4 is 57.9 Å². The van der Waals surface area contributed by atoms with Gasteiger partial charge in [0.25, 0.3) is 11.8 Å². The molecule has 0 aromatic heterocycles. The van der Waals surface area contributed by atoms with Gasteiger partial charge in [0.1, 0.15) is 22.9 Å². The van der Waals surface area contributed by atoms with Gasteiger partial charge in [-0.25, -0.2) is 9.59 Å². The number of anilines is 2. The molecule has 0 fully saturated rings. The van der Waals surface area contributed by atoms with E-state index in [1.165, 1.54) is 14.2 Å². The average molecular weight is 731 g/mol. The first kappa shape index (κ1) is 36.7. The number of carbonyl (C=O) groups excluding carboxylic acids is 4. The number of rotatable bonds is 13. The van der Waals surface area contributed by atoms with Gasteiger partial charge in [-0.05, 0) is 73.5 Å². The Morgan fingerprint density at radius 3 is 1.35 bits per heavy atom. The molecule has 0 saturated carbocycles. The van der Waals surface area contributed by atoms with Gasteiger partial charge < -0.3 is 18.9 Å². The Morgan fingerprint density at radius 2 is 1.00 bits per heavy atom. The molecule has 2 aliphatic rings. The van der Waals surface area contributed by atoms with Crippen LogP contribution in [0.2, 0.25) is 0 Å². The summed E-state index contributed by atoms with van der Waals surface area (Å²) in [4.78, 5) is 52.2. The molecule has 2 heterocycles. The number of ether oxygens (including phenoxy) is 4. The molecule has 0 bridgehead atoms. The fourth-order valence-electron chi connectivity index (χ4n) is 5.44. The van der Waals surface area contributed by atoms with Gasteiger partial charge in [0.15, 0.2) is 11.4 Å². The summed E-state index contributed by atoms with van der Waals surface area (Å²) in [7, 11) is 2.92. The molecule has 4 aromatic carbocycles. The van der Waals surface area contributed by atoms with Crippen LogP contribution in [0.25, 0.3) is 11.1 Å². The molecule has 2 atom stereocenters. The maximum atomic E-state index is 13.4. The van der Waals surface area contributed by atoms with Crippen LogP contribution in [0.4, 0.5) is 22.7 Å². The lowest BCUT2D eigenvalue weighted by Crippen LogP contribution is -2.33. The molecule has 0 N–H and O–H groups in total. The lowest BCUT2D eigenvalue weighted by atomic mass is 10.0. The minimum atomic E-state index is -1.33. The van der Waals surface area contributed by atoms with E-state index in [4.69, 9.17) is 18.9 Å². The van der Waals surface area contributed by atoms with Gasteiger partial charge in [-0.3, -0.25) is 9.59 Å². The molecule has 54 heavy (non-hydrogen) atoms. The molecule has 0 aliphatic carbocycles. The minimum Gasteiger partial charge on any atom is -0.494 e. The lowest BCUT2D eigenvalue weighted by molar-refractivity contribution is -0.136. The second-order valence-electron chi connectivity index (χ2n) is 11.4. The SMILES string of the molecule is CCOC(=O)C1=NN(c2ccccc2)C(=O)[C@@H]1N=Nc1ccc(-c2ccc(N=N[C@H]3C(=O)N(c4ccccc4)N=C3C(=O)OCC)c(OC)c2)cc1OC. The third kappa shape index (κ3) is 7.57. The summed E-state index contributed by atoms with van der Waals surface area (Å²) in [6.07, 6.45) is 0. The van der Waals surface area contributed by atoms with Crippen molar-refractivity contribution in [2.24, 2.45) is 30.7 Å². The number of carbonyl (C=O) groups is 4. The van der Waals surface area contributed by atoms with Crippen LogP contribution >= 0.6 is 0 Å². The van der Waals surface area contributed by atoms with Crippen molar-refractivity contribution in [3.63, 3.8) is 0 Å². The van der Waals surface area contributed by atoms with Gasteiger partial charge in [-0.2, -0.15) is 40.7 Å². The van der Waals surface area contributed by atoms with Crippen molar-refractivity contribution in [3.8, 4) is 22.6 Å². The highest BCUT2D eigenvalue weighted by Gasteiger charge is 2.43. The van der Waals surface area contributed by atoms with E-state index in [-0.39, 0.29) is 36.0 Å². The summed E-state index contributed by atoms with van der Waals surface area (Å²) < 4.78 is 21.5. The Kier molecular flexibility index (Phi) is 11.2. The molecule has 6 rings (SSSR count). The highest BCUT2D eigenvalue weighted by Crippen LogP contribution is 2.38. The molecule has 4 aromatic rings. The number of para-hydroxylation sites is 2. The normalized spacial score (nSPS) is 16.9. The van der Waals surface area contributed by atoms with Crippen LogP contribution in [0.1, 0.15) is 13.8 Å². The van der Waals surface area contributed by atoms with E-state index in [9.17, 15) is 19.2 Å². The largest absolute Gasteiger partial charge is 0.494 e. The molecular formula is C38H34N8O8. The fraction of sp³-hybridized carbons (Fsp3) is 0.211. The number of benzene rings is 4. The highest BCUT2D eigenvalue weighted by atomic mass is 16.5. The molecule has 0 unspecified atom stereocenters. The van der Waals surface area contributed by atoms with Crippen LogP contribution in [0, 0.1) is 0 Å². The number of hydrogen-bond donors (Lipinski definition) is 0. The quantitative estimate of drug-likeness (QED) is 0.115. The zero-order valence-corrected chi connectivity index (χ0v) is 29.7. The molecule has 2 aliphatic heterocycles. The van der Waals surface area contributed by atoms with E-state index in [2.05, 4.69) is 30.7 Å². The van der Waals surface area contributed by atoms with Crippen LogP contribution in [-0.2, 0) is 28.7 Å². The summed E-state index contributed by atoms with van der Waals surface area (Å²) >= 11 is 0. The molecule has 274 valence electrons. The van der Waals surface area contributed by atoms with Crippen LogP contribution in [0.5, 0.6) is 11.5 Å². The number of hydrogen-bond acceptors (Lipinski definition) is 14. The van der Waals surface area contributed by atoms with Crippen molar-refractivity contribution in [1.82, 2.24) is 0 Å². The number of methoxy groups -OCH3 is 2. The lowest BCUT2D eigenvalue weighted by Gasteiger charge is -2.12. The van der Waals surface area contributed by atoms with E-state index in [1.54, 1.807) is 111 Å². The molecule has 16 nitrogen and oxygen atoms in total. The van der Waals surface area contributed by atoms with Crippen molar-refractivity contribution in [2.75, 3.05) is 37.5 Å². The topological polar surface area (TPSA) is 186 Å². The first-order valence-corrected chi connectivity index (χ1v) is 16.7. The first-order valence-electron chi connectivity index (χ1n) is 16.7. The van der Waals surface area contributed by atoms with Crippen molar-refractivity contribution in [3.05, 3.63) is 97.1 Å². The summed E-state index contributed by atoms with van der Waals surface area (Å²) in [5.74, 6) is -2.03. The summed E-state index contributed by atoms with van der Waals surface area (Å²) in [5, 5.41) is 27.6. The van der Waals surface area contributed by atoms with Crippen molar-refractivity contribution in [1.29, 1.82) is 0 Å². The van der Waals surface area contributed by atoms with Crippen LogP contribution in [0.15, 0.2) is 128 Å². The number of hydrazone groups is 2. The van der Waals surface area contributed by atoms with Gasteiger partial charge in [-0.15, -0.1) is 0 Å². The maximum Gasteiger partial charge on any atom is 0.357 e. The fourth-order valence-corrected chi connectivity index (χ4v) is 5.44. The number of esters is 2. The van der Waals surface area contributed by atoms with Crippen LogP contribution < -0.4 is 19.5 Å². The Labute approximate surface area is 309 Å². The first-order chi connectivity index (χ1) is 26.3. The summed E-state index contributed by atoms with van der Waals surface area (Å²) in [6.45, 7) is 3.47. The zero-order valence-electron chi connectivity index (χ0n) is 29.7. The summed E-state index contributed by atoms with van der Waals surface area (Å²) in [5.41, 5.74) is 2.53. The minimum absolute atomic E-state index is 0.0874.